The van der Waals surface area contributed by atoms with Crippen LogP contribution in [-0.2, 0) is 0 Å². The molecule has 5 rings (SSSR count). The Balaban J connectivity index is 1.58. The average Bonchev–Trinajstić information content (AvgIpc) is 3.19. The molecule has 1 amide bonds. The minimum atomic E-state index is -0.204. The summed E-state index contributed by atoms with van der Waals surface area (Å²) >= 11 is 0. The van der Waals surface area contributed by atoms with Gasteiger partial charge in [-0.2, -0.15) is 5.10 Å². The number of aromatic nitrogens is 4. The zero-order valence-corrected chi connectivity index (χ0v) is 17.8. The highest BCUT2D eigenvalue weighted by Crippen LogP contribution is 2.33. The first-order valence-corrected chi connectivity index (χ1v) is 10.3. The number of hydrogen-bond acceptors (Lipinski definition) is 4. The first-order valence-electron chi connectivity index (χ1n) is 10.3. The van der Waals surface area contributed by atoms with E-state index in [1.54, 1.807) is 24.5 Å². The highest BCUT2D eigenvalue weighted by Gasteiger charge is 2.18. The van der Waals surface area contributed by atoms with Crippen molar-refractivity contribution in [3.8, 4) is 22.5 Å². The number of rotatable bonds is 4. The van der Waals surface area contributed by atoms with E-state index in [-0.39, 0.29) is 5.91 Å². The minimum Gasteiger partial charge on any atom is -0.307 e. The average molecular weight is 419 g/mol. The largest absolute Gasteiger partial charge is 0.307 e. The van der Waals surface area contributed by atoms with Crippen LogP contribution in [0.15, 0.2) is 85.2 Å². The van der Waals surface area contributed by atoms with Crippen LogP contribution in [0.4, 0.5) is 5.82 Å². The maximum atomic E-state index is 12.7. The molecular formula is C26H21N5O. The Morgan fingerprint density at radius 3 is 2.50 bits per heavy atom. The molecule has 32 heavy (non-hydrogen) atoms. The van der Waals surface area contributed by atoms with Crippen LogP contribution in [0, 0.1) is 13.8 Å². The Labute approximate surface area is 185 Å². The number of hydrogen-bond donors (Lipinski definition) is 1. The number of carbonyl (C=O) groups excluding carboxylic acids is 1. The molecule has 3 heterocycles. The SMILES string of the molecule is Cc1ccc(C(=O)Nc2cc(-c3c(-c4cccc(C)c4)nc4cccnn34)ccn2)cc1. The van der Waals surface area contributed by atoms with E-state index in [2.05, 4.69) is 34.5 Å². The molecule has 1 N–H and O–H groups in total. The second kappa shape index (κ2) is 8.07. The number of pyridine rings is 1. The van der Waals surface area contributed by atoms with Gasteiger partial charge in [0, 0.05) is 29.1 Å². The maximum absolute atomic E-state index is 12.7. The summed E-state index contributed by atoms with van der Waals surface area (Å²) in [5, 5.41) is 7.42. The first kappa shape index (κ1) is 19.6. The molecule has 156 valence electrons. The van der Waals surface area contributed by atoms with E-state index in [4.69, 9.17) is 4.98 Å². The van der Waals surface area contributed by atoms with E-state index in [1.165, 1.54) is 0 Å². The van der Waals surface area contributed by atoms with E-state index >= 15 is 0 Å². The fourth-order valence-electron chi connectivity index (χ4n) is 3.68. The molecule has 2 aromatic carbocycles. The van der Waals surface area contributed by atoms with Crippen molar-refractivity contribution in [2.45, 2.75) is 13.8 Å². The monoisotopic (exact) mass is 419 g/mol. The molecule has 0 unspecified atom stereocenters. The van der Waals surface area contributed by atoms with Crippen molar-refractivity contribution >= 4 is 17.4 Å². The van der Waals surface area contributed by atoms with Crippen molar-refractivity contribution in [2.24, 2.45) is 0 Å². The van der Waals surface area contributed by atoms with Gasteiger partial charge < -0.3 is 5.32 Å². The molecule has 0 spiro atoms. The quantitative estimate of drug-likeness (QED) is 0.427. The van der Waals surface area contributed by atoms with Gasteiger partial charge in [0.15, 0.2) is 5.65 Å². The van der Waals surface area contributed by atoms with Crippen LogP contribution in [0.3, 0.4) is 0 Å². The predicted molar refractivity (Wildman–Crippen MR) is 126 cm³/mol. The normalized spacial score (nSPS) is 10.9. The summed E-state index contributed by atoms with van der Waals surface area (Å²) in [4.78, 5) is 21.9. The zero-order valence-electron chi connectivity index (χ0n) is 17.8. The van der Waals surface area contributed by atoms with Crippen molar-refractivity contribution in [3.05, 3.63) is 102 Å². The number of imidazole rings is 1. The van der Waals surface area contributed by atoms with Gasteiger partial charge in [-0.1, -0.05) is 41.5 Å². The summed E-state index contributed by atoms with van der Waals surface area (Å²) in [6, 6.07) is 23.2. The van der Waals surface area contributed by atoms with Crippen LogP contribution in [0.2, 0.25) is 0 Å². The molecule has 0 aliphatic carbocycles. The lowest BCUT2D eigenvalue weighted by Gasteiger charge is -2.09. The van der Waals surface area contributed by atoms with E-state index in [0.717, 1.165) is 39.3 Å². The smallest absolute Gasteiger partial charge is 0.256 e. The van der Waals surface area contributed by atoms with Gasteiger partial charge in [0.1, 0.15) is 11.5 Å². The number of nitrogens with zero attached hydrogens (tertiary/aromatic N) is 4. The molecule has 3 aromatic heterocycles. The van der Waals surface area contributed by atoms with Crippen molar-refractivity contribution in [2.75, 3.05) is 5.32 Å². The number of carbonyl (C=O) groups is 1. The molecule has 0 aliphatic heterocycles. The number of fused-ring (bicyclic) bond motifs is 1. The highest BCUT2D eigenvalue weighted by atomic mass is 16.1. The number of aryl methyl sites for hydroxylation is 2. The number of anilines is 1. The molecule has 0 atom stereocenters. The Morgan fingerprint density at radius 2 is 1.69 bits per heavy atom. The Hall–Kier alpha value is -4.32. The lowest BCUT2D eigenvalue weighted by molar-refractivity contribution is 0.102. The van der Waals surface area contributed by atoms with Crippen LogP contribution in [0.1, 0.15) is 21.5 Å². The van der Waals surface area contributed by atoms with Gasteiger partial charge in [-0.05, 0) is 56.3 Å². The summed E-state index contributed by atoms with van der Waals surface area (Å²) in [6.07, 6.45) is 3.42. The number of benzene rings is 2. The molecule has 0 bridgehead atoms. The molecule has 0 aliphatic rings. The highest BCUT2D eigenvalue weighted by molar-refractivity contribution is 6.04. The third-order valence-corrected chi connectivity index (χ3v) is 5.27. The molecule has 6 nitrogen and oxygen atoms in total. The molecule has 0 radical (unpaired) electrons. The Bertz CT molecular complexity index is 1440. The summed E-state index contributed by atoms with van der Waals surface area (Å²) in [7, 11) is 0. The van der Waals surface area contributed by atoms with Gasteiger partial charge in [-0.25, -0.2) is 14.5 Å². The fraction of sp³-hybridized carbons (Fsp3) is 0.0769. The van der Waals surface area contributed by atoms with E-state index in [0.29, 0.717) is 11.4 Å². The third-order valence-electron chi connectivity index (χ3n) is 5.27. The van der Waals surface area contributed by atoms with E-state index < -0.39 is 0 Å². The van der Waals surface area contributed by atoms with Crippen LogP contribution in [-0.4, -0.2) is 25.5 Å². The van der Waals surface area contributed by atoms with Gasteiger partial charge in [0.2, 0.25) is 0 Å². The van der Waals surface area contributed by atoms with Gasteiger partial charge in [-0.3, -0.25) is 4.79 Å². The topological polar surface area (TPSA) is 72.2 Å². The molecule has 0 saturated carbocycles. The molecule has 0 saturated heterocycles. The van der Waals surface area contributed by atoms with Crippen molar-refractivity contribution in [1.29, 1.82) is 0 Å². The van der Waals surface area contributed by atoms with Crippen molar-refractivity contribution in [1.82, 2.24) is 19.6 Å². The van der Waals surface area contributed by atoms with Gasteiger partial charge in [0.05, 0.1) is 5.69 Å². The van der Waals surface area contributed by atoms with Gasteiger partial charge in [-0.15, -0.1) is 0 Å². The standard InChI is InChI=1S/C26H21N5O/c1-17-8-10-19(11-9-17)26(32)29-22-16-21(12-14-27-22)25-24(20-6-3-5-18(2)15-20)30-23-7-4-13-28-31(23)25/h3-16H,1-2H3,(H,27,29,32). The molecular weight excluding hydrogens is 398 g/mol. The summed E-state index contributed by atoms with van der Waals surface area (Å²) < 4.78 is 1.82. The second-order valence-corrected chi connectivity index (χ2v) is 7.72. The summed E-state index contributed by atoms with van der Waals surface area (Å²) in [5.74, 6) is 0.263. The Kier molecular flexibility index (Phi) is 4.95. The molecule has 5 aromatic rings. The van der Waals surface area contributed by atoms with E-state index in [1.807, 2.05) is 60.0 Å². The maximum Gasteiger partial charge on any atom is 0.256 e. The summed E-state index contributed by atoms with van der Waals surface area (Å²) in [6.45, 7) is 4.05. The van der Waals surface area contributed by atoms with Crippen LogP contribution < -0.4 is 5.32 Å². The van der Waals surface area contributed by atoms with Gasteiger partial charge >= 0.3 is 0 Å². The second-order valence-electron chi connectivity index (χ2n) is 7.72. The zero-order chi connectivity index (χ0) is 22.1. The lowest BCUT2D eigenvalue weighted by atomic mass is 10.0. The Morgan fingerprint density at radius 1 is 0.844 bits per heavy atom. The summed E-state index contributed by atoms with van der Waals surface area (Å²) in [5.41, 5.74) is 7.13. The fourth-order valence-corrected chi connectivity index (χ4v) is 3.68. The van der Waals surface area contributed by atoms with Crippen LogP contribution >= 0.6 is 0 Å². The lowest BCUT2D eigenvalue weighted by Crippen LogP contribution is -2.12. The molecule has 0 fully saturated rings. The van der Waals surface area contributed by atoms with Gasteiger partial charge in [0.25, 0.3) is 5.91 Å². The van der Waals surface area contributed by atoms with Crippen molar-refractivity contribution in [3.63, 3.8) is 0 Å². The van der Waals surface area contributed by atoms with Crippen LogP contribution in [0.25, 0.3) is 28.2 Å². The third kappa shape index (κ3) is 3.74. The minimum absolute atomic E-state index is 0.204. The van der Waals surface area contributed by atoms with Crippen molar-refractivity contribution < 1.29 is 4.79 Å². The first-order chi connectivity index (χ1) is 15.6. The molecule has 6 heteroatoms. The van der Waals surface area contributed by atoms with E-state index in [9.17, 15) is 4.79 Å². The number of amides is 1. The predicted octanol–water partition coefficient (Wildman–Crippen LogP) is 5.33. The number of nitrogens with one attached hydrogen (secondary N) is 1. The van der Waals surface area contributed by atoms with Crippen LogP contribution in [0.5, 0.6) is 0 Å².